The highest BCUT2D eigenvalue weighted by Crippen LogP contribution is 2.03. The Bertz CT molecular complexity index is 275. The molecule has 1 aromatic carbocycles. The first-order valence-electron chi connectivity index (χ1n) is 2.90. The molecule has 0 amide bonds. The van der Waals surface area contributed by atoms with Gasteiger partial charge < -0.3 is 4.84 Å². The van der Waals surface area contributed by atoms with Gasteiger partial charge in [0.15, 0.2) is 0 Å². The van der Waals surface area contributed by atoms with E-state index in [0.717, 1.165) is 6.07 Å². The highest BCUT2D eigenvalue weighted by molar-refractivity contribution is 5.89. The Morgan fingerprint density at radius 3 is 2.82 bits per heavy atom. The third kappa shape index (κ3) is 1.75. The van der Waals surface area contributed by atoms with E-state index >= 15 is 0 Å². The minimum absolute atomic E-state index is 0.104. The largest absolute Gasteiger partial charge is 0.370 e. The van der Waals surface area contributed by atoms with Gasteiger partial charge in [-0.3, -0.25) is 0 Å². The van der Waals surface area contributed by atoms with E-state index in [0.29, 0.717) is 0 Å². The van der Waals surface area contributed by atoms with Gasteiger partial charge in [0.25, 0.3) is 0 Å². The Morgan fingerprint density at radius 1 is 1.55 bits per heavy atom. The van der Waals surface area contributed by atoms with Crippen LogP contribution in [-0.4, -0.2) is 5.97 Å². The van der Waals surface area contributed by atoms with E-state index in [1.54, 1.807) is 0 Å². The molecular weight excluding hydrogens is 149 g/mol. The second-order valence-corrected chi connectivity index (χ2v) is 1.92. The van der Waals surface area contributed by atoms with Crippen LogP contribution in [0.1, 0.15) is 10.4 Å². The molecule has 1 rings (SSSR count). The van der Waals surface area contributed by atoms with Gasteiger partial charge in [-0.15, -0.1) is 0 Å². The highest BCUT2D eigenvalue weighted by Gasteiger charge is 2.04. The number of hydrogen-bond donors (Lipinski definition) is 1. The lowest BCUT2D eigenvalue weighted by atomic mass is 10.2. The predicted molar refractivity (Wildman–Crippen MR) is 36.0 cm³/mol. The first-order chi connectivity index (χ1) is 5.24. The van der Waals surface area contributed by atoms with Gasteiger partial charge in [0.2, 0.25) is 0 Å². The summed E-state index contributed by atoms with van der Waals surface area (Å²) in [6.07, 6.45) is 0. The smallest absolute Gasteiger partial charge is 0.356 e. The summed E-state index contributed by atoms with van der Waals surface area (Å²) in [4.78, 5) is 14.5. The zero-order chi connectivity index (χ0) is 8.27. The van der Waals surface area contributed by atoms with Crippen molar-refractivity contribution in [3.05, 3.63) is 35.6 Å². The van der Waals surface area contributed by atoms with Crippen LogP contribution >= 0.6 is 0 Å². The minimum Gasteiger partial charge on any atom is -0.370 e. The van der Waals surface area contributed by atoms with Crippen molar-refractivity contribution in [2.45, 2.75) is 0 Å². The summed E-state index contributed by atoms with van der Waals surface area (Å²) in [5, 5.41) is 0. The molecule has 0 aromatic heterocycles. The molecule has 0 fully saturated rings. The van der Waals surface area contributed by atoms with Crippen molar-refractivity contribution in [1.29, 1.82) is 0 Å². The Morgan fingerprint density at radius 2 is 2.27 bits per heavy atom. The monoisotopic (exact) mass is 155 g/mol. The van der Waals surface area contributed by atoms with Crippen LogP contribution in [0.25, 0.3) is 0 Å². The molecule has 0 aliphatic heterocycles. The highest BCUT2D eigenvalue weighted by atomic mass is 19.1. The molecule has 0 aliphatic carbocycles. The average molecular weight is 155 g/mol. The number of hydrogen-bond acceptors (Lipinski definition) is 3. The van der Waals surface area contributed by atoms with Crippen LogP contribution in [0.4, 0.5) is 4.39 Å². The molecular formula is C7H6FNO2. The molecule has 58 valence electrons. The normalized spacial score (nSPS) is 9.27. The van der Waals surface area contributed by atoms with Crippen molar-refractivity contribution in [3.8, 4) is 0 Å². The molecule has 2 N–H and O–H groups in total. The standard InChI is InChI=1S/C7H6FNO2/c8-6-3-1-2-5(4-6)7(10)11-9/h1-4H,9H2. The molecule has 0 heterocycles. The van der Waals surface area contributed by atoms with Gasteiger partial charge in [-0.1, -0.05) is 6.07 Å². The molecule has 1 aromatic rings. The summed E-state index contributed by atoms with van der Waals surface area (Å²) >= 11 is 0. The van der Waals surface area contributed by atoms with Crippen molar-refractivity contribution in [2.24, 2.45) is 5.90 Å². The summed E-state index contributed by atoms with van der Waals surface area (Å²) in [6, 6.07) is 5.10. The molecule has 4 heteroatoms. The summed E-state index contributed by atoms with van der Waals surface area (Å²) in [6.45, 7) is 0. The van der Waals surface area contributed by atoms with Gasteiger partial charge >= 0.3 is 5.97 Å². The fourth-order valence-electron chi connectivity index (χ4n) is 0.683. The predicted octanol–water partition coefficient (Wildman–Crippen LogP) is 0.856. The zero-order valence-electron chi connectivity index (χ0n) is 5.58. The number of carbonyl (C=O) groups is 1. The number of nitrogens with two attached hydrogens (primary N) is 1. The molecule has 0 radical (unpaired) electrons. The van der Waals surface area contributed by atoms with E-state index in [1.165, 1.54) is 18.2 Å². The maximum absolute atomic E-state index is 12.4. The molecule has 0 spiro atoms. The SMILES string of the molecule is NOC(=O)c1cccc(F)c1. The van der Waals surface area contributed by atoms with Crippen LogP contribution in [0.15, 0.2) is 24.3 Å². The van der Waals surface area contributed by atoms with Crippen LogP contribution in [0.3, 0.4) is 0 Å². The average Bonchev–Trinajstić information content (AvgIpc) is 2.03. The maximum atomic E-state index is 12.4. The Balaban J connectivity index is 2.96. The van der Waals surface area contributed by atoms with E-state index in [2.05, 4.69) is 10.7 Å². The summed E-state index contributed by atoms with van der Waals surface area (Å²) in [5.41, 5.74) is 0.104. The molecule has 0 bridgehead atoms. The summed E-state index contributed by atoms with van der Waals surface area (Å²) in [5.74, 6) is 3.34. The Kier molecular flexibility index (Phi) is 2.18. The first kappa shape index (κ1) is 7.68. The molecule has 3 nitrogen and oxygen atoms in total. The molecule has 0 saturated carbocycles. The first-order valence-corrected chi connectivity index (χ1v) is 2.90. The molecule has 0 aliphatic rings. The van der Waals surface area contributed by atoms with Crippen LogP contribution in [0.2, 0.25) is 0 Å². The Hall–Kier alpha value is -1.42. The number of benzene rings is 1. The van der Waals surface area contributed by atoms with E-state index in [4.69, 9.17) is 0 Å². The minimum atomic E-state index is -0.746. The molecule has 0 saturated heterocycles. The van der Waals surface area contributed by atoms with Gasteiger partial charge in [0.1, 0.15) is 5.82 Å². The second-order valence-electron chi connectivity index (χ2n) is 1.92. The van der Waals surface area contributed by atoms with Crippen LogP contribution in [-0.2, 0) is 4.84 Å². The topological polar surface area (TPSA) is 52.3 Å². The molecule has 11 heavy (non-hydrogen) atoms. The van der Waals surface area contributed by atoms with Crippen LogP contribution in [0, 0.1) is 5.82 Å². The van der Waals surface area contributed by atoms with Crippen molar-refractivity contribution < 1.29 is 14.0 Å². The van der Waals surface area contributed by atoms with E-state index < -0.39 is 11.8 Å². The lowest BCUT2D eigenvalue weighted by Crippen LogP contribution is -2.09. The van der Waals surface area contributed by atoms with Crippen molar-refractivity contribution in [3.63, 3.8) is 0 Å². The van der Waals surface area contributed by atoms with Crippen molar-refractivity contribution in [2.75, 3.05) is 0 Å². The van der Waals surface area contributed by atoms with Gasteiger partial charge in [0, 0.05) is 0 Å². The van der Waals surface area contributed by atoms with Gasteiger partial charge in [0.05, 0.1) is 5.56 Å². The van der Waals surface area contributed by atoms with Crippen LogP contribution < -0.4 is 5.90 Å². The van der Waals surface area contributed by atoms with Gasteiger partial charge in [-0.2, -0.15) is 5.90 Å². The fraction of sp³-hybridized carbons (Fsp3) is 0. The second kappa shape index (κ2) is 3.12. The Labute approximate surface area is 62.5 Å². The molecule has 0 unspecified atom stereocenters. The number of rotatable bonds is 1. The quantitative estimate of drug-likeness (QED) is 0.612. The zero-order valence-corrected chi connectivity index (χ0v) is 5.58. The van der Waals surface area contributed by atoms with Crippen molar-refractivity contribution >= 4 is 5.97 Å². The molecule has 0 atom stereocenters. The number of carbonyl (C=O) groups excluding carboxylic acids is 1. The van der Waals surface area contributed by atoms with Gasteiger partial charge in [-0.05, 0) is 18.2 Å². The van der Waals surface area contributed by atoms with E-state index in [1.807, 2.05) is 0 Å². The van der Waals surface area contributed by atoms with Crippen LogP contribution in [0.5, 0.6) is 0 Å². The third-order valence-electron chi connectivity index (χ3n) is 1.17. The summed E-state index contributed by atoms with van der Waals surface area (Å²) in [7, 11) is 0. The van der Waals surface area contributed by atoms with Crippen molar-refractivity contribution in [1.82, 2.24) is 0 Å². The van der Waals surface area contributed by atoms with E-state index in [9.17, 15) is 9.18 Å². The van der Waals surface area contributed by atoms with Gasteiger partial charge in [-0.25, -0.2) is 9.18 Å². The lowest BCUT2D eigenvalue weighted by Gasteiger charge is -1.96. The van der Waals surface area contributed by atoms with E-state index in [-0.39, 0.29) is 5.56 Å². The third-order valence-corrected chi connectivity index (χ3v) is 1.17. The lowest BCUT2D eigenvalue weighted by molar-refractivity contribution is 0.0503. The maximum Gasteiger partial charge on any atom is 0.356 e. The summed E-state index contributed by atoms with van der Waals surface area (Å²) < 4.78 is 12.4. The number of halogens is 1. The fourth-order valence-corrected chi connectivity index (χ4v) is 0.683.